The predicted octanol–water partition coefficient (Wildman–Crippen LogP) is 7.01. The molecular weight excluding hydrogens is 650 g/mol. The molecule has 0 fully saturated rings. The number of hydrazone groups is 1. The Bertz CT molecular complexity index is 1690. The van der Waals surface area contributed by atoms with Gasteiger partial charge in [-0.15, -0.1) is 0 Å². The highest BCUT2D eigenvalue weighted by molar-refractivity contribution is 9.10. The first-order valence-corrected chi connectivity index (χ1v) is 16.5. The minimum Gasteiger partial charge on any atom is -0.267 e. The van der Waals surface area contributed by atoms with E-state index in [0.29, 0.717) is 28.6 Å². The van der Waals surface area contributed by atoms with Gasteiger partial charge in [-0.2, -0.15) is 14.4 Å². The van der Waals surface area contributed by atoms with Gasteiger partial charge in [0.2, 0.25) is 15.2 Å². The molecule has 0 bridgehead atoms. The van der Waals surface area contributed by atoms with Gasteiger partial charge < -0.3 is 0 Å². The summed E-state index contributed by atoms with van der Waals surface area (Å²) in [6.07, 6.45) is 1.37. The molecule has 0 aliphatic rings. The highest BCUT2D eigenvalue weighted by Gasteiger charge is 2.27. The summed E-state index contributed by atoms with van der Waals surface area (Å²) in [5.41, 5.74) is 0.878. The molecule has 4 aromatic rings. The van der Waals surface area contributed by atoms with Crippen LogP contribution in [0.1, 0.15) is 42.9 Å². The van der Waals surface area contributed by atoms with E-state index in [1.54, 1.807) is 6.07 Å². The molecule has 41 heavy (non-hydrogen) atoms. The molecule has 0 aliphatic carbocycles. The zero-order valence-corrected chi connectivity index (χ0v) is 26.8. The second kappa shape index (κ2) is 12.9. The van der Waals surface area contributed by atoms with Gasteiger partial charge in [-0.1, -0.05) is 66.3 Å². The number of thiazole rings is 1. The molecule has 0 saturated carbocycles. The van der Waals surface area contributed by atoms with Crippen molar-refractivity contribution in [2.24, 2.45) is 16.9 Å². The summed E-state index contributed by atoms with van der Waals surface area (Å²) in [7, 11) is -3.77. The smallest absolute Gasteiger partial charge is 0.267 e. The standard InChI is InChI=1S/C27H28BrN5O5S3/c1-17(2)15-31(16-18(3)4)41(37,38)22-9-5-19(6-10-22)26(34)32(29-14-21-8-12-25(39-21)33(35)36)27-30-23-11-7-20(28)13-24(23)40-27/h5-14,17-18H,15-16H2,1-4H3/b29-14+. The third kappa shape index (κ3) is 7.43. The van der Waals surface area contributed by atoms with Crippen molar-refractivity contribution >= 4 is 81.1 Å². The fraction of sp³-hybridized carbons (Fsp3) is 0.296. The van der Waals surface area contributed by atoms with Crippen LogP contribution in [0.2, 0.25) is 0 Å². The van der Waals surface area contributed by atoms with Crippen LogP contribution in [0.25, 0.3) is 10.2 Å². The van der Waals surface area contributed by atoms with Crippen molar-refractivity contribution in [3.8, 4) is 0 Å². The molecule has 2 aromatic heterocycles. The fourth-order valence-electron chi connectivity index (χ4n) is 3.92. The van der Waals surface area contributed by atoms with E-state index >= 15 is 0 Å². The first-order chi connectivity index (χ1) is 19.3. The predicted molar refractivity (Wildman–Crippen MR) is 168 cm³/mol. The number of hydrogen-bond acceptors (Lipinski definition) is 9. The van der Waals surface area contributed by atoms with Crippen molar-refractivity contribution in [3.63, 3.8) is 0 Å². The summed E-state index contributed by atoms with van der Waals surface area (Å²) >= 11 is 5.62. The molecule has 2 heterocycles. The van der Waals surface area contributed by atoms with E-state index in [2.05, 4.69) is 26.0 Å². The van der Waals surface area contributed by atoms with Crippen LogP contribution in [0.5, 0.6) is 0 Å². The summed E-state index contributed by atoms with van der Waals surface area (Å²) < 4.78 is 30.0. The molecule has 0 N–H and O–H groups in total. The molecule has 2 aromatic carbocycles. The van der Waals surface area contributed by atoms with Crippen LogP contribution in [0.4, 0.5) is 10.1 Å². The van der Waals surface area contributed by atoms with E-state index in [-0.39, 0.29) is 27.3 Å². The van der Waals surface area contributed by atoms with Gasteiger partial charge in [-0.3, -0.25) is 14.9 Å². The number of halogens is 1. The number of aromatic nitrogens is 1. The molecule has 4 rings (SSSR count). The van der Waals surface area contributed by atoms with Gasteiger partial charge >= 0.3 is 5.00 Å². The summed E-state index contributed by atoms with van der Waals surface area (Å²) in [5.74, 6) is -0.236. The number of carbonyl (C=O) groups excluding carboxylic acids is 1. The van der Waals surface area contributed by atoms with Gasteiger partial charge in [0.1, 0.15) is 0 Å². The first kappa shape index (κ1) is 30.9. The van der Waals surface area contributed by atoms with Gasteiger partial charge in [0.15, 0.2) is 0 Å². The first-order valence-electron chi connectivity index (χ1n) is 12.6. The minimum absolute atomic E-state index is 0.0464. The zero-order valence-electron chi connectivity index (χ0n) is 22.7. The number of hydrogen-bond donors (Lipinski definition) is 0. The Morgan fingerprint density at radius 2 is 1.71 bits per heavy atom. The number of thiophene rings is 1. The second-order valence-electron chi connectivity index (χ2n) is 10.0. The fourth-order valence-corrected chi connectivity index (χ4v) is 7.85. The summed E-state index contributed by atoms with van der Waals surface area (Å²) in [6.45, 7) is 8.64. The third-order valence-electron chi connectivity index (χ3n) is 5.68. The Balaban J connectivity index is 1.69. The van der Waals surface area contributed by atoms with Crippen LogP contribution < -0.4 is 5.01 Å². The lowest BCUT2D eigenvalue weighted by molar-refractivity contribution is -0.380. The van der Waals surface area contributed by atoms with Crippen molar-refractivity contribution in [1.29, 1.82) is 0 Å². The second-order valence-corrected chi connectivity index (χ2v) is 15.0. The summed E-state index contributed by atoms with van der Waals surface area (Å²) in [5, 5.41) is 16.8. The van der Waals surface area contributed by atoms with E-state index in [1.165, 1.54) is 52.2 Å². The number of sulfonamides is 1. The largest absolute Gasteiger partial charge is 0.324 e. The Morgan fingerprint density at radius 3 is 2.29 bits per heavy atom. The monoisotopic (exact) mass is 677 g/mol. The van der Waals surface area contributed by atoms with Crippen LogP contribution in [0.15, 0.2) is 69.1 Å². The lowest BCUT2D eigenvalue weighted by Gasteiger charge is -2.25. The maximum atomic E-state index is 13.7. The Labute approximate surface area is 254 Å². The van der Waals surface area contributed by atoms with Crippen LogP contribution in [0, 0.1) is 22.0 Å². The van der Waals surface area contributed by atoms with E-state index in [0.717, 1.165) is 25.5 Å². The lowest BCUT2D eigenvalue weighted by atomic mass is 10.2. The van der Waals surface area contributed by atoms with E-state index in [4.69, 9.17) is 0 Å². The van der Waals surface area contributed by atoms with E-state index in [1.807, 2.05) is 45.9 Å². The van der Waals surface area contributed by atoms with E-state index in [9.17, 15) is 23.3 Å². The lowest BCUT2D eigenvalue weighted by Crippen LogP contribution is -2.37. The van der Waals surface area contributed by atoms with Gasteiger partial charge in [0.25, 0.3) is 5.91 Å². The Hall–Kier alpha value is -3.04. The molecule has 216 valence electrons. The zero-order chi connectivity index (χ0) is 29.9. The van der Waals surface area contributed by atoms with Crippen LogP contribution in [0.3, 0.4) is 0 Å². The van der Waals surface area contributed by atoms with Gasteiger partial charge in [-0.05, 0) is 60.4 Å². The number of fused-ring (bicyclic) bond motifs is 1. The molecule has 1 amide bonds. The molecule has 0 radical (unpaired) electrons. The summed E-state index contributed by atoms with van der Waals surface area (Å²) in [4.78, 5) is 29.5. The molecule has 0 spiro atoms. The Kier molecular flexibility index (Phi) is 9.70. The average Bonchev–Trinajstić information content (AvgIpc) is 3.55. The SMILES string of the molecule is CC(C)CN(CC(C)C)S(=O)(=O)c1ccc(C(=O)N(/N=C/c2ccc([N+](=O)[O-])s2)c2nc3ccc(Br)cc3s2)cc1. The quantitative estimate of drug-likeness (QED) is 0.0955. The topological polar surface area (TPSA) is 126 Å². The number of amides is 1. The Morgan fingerprint density at radius 1 is 1.05 bits per heavy atom. The van der Waals surface area contributed by atoms with Gasteiger partial charge in [0.05, 0.1) is 31.1 Å². The number of carbonyl (C=O) groups is 1. The van der Waals surface area contributed by atoms with E-state index < -0.39 is 20.9 Å². The van der Waals surface area contributed by atoms with Gasteiger partial charge in [-0.25, -0.2) is 13.4 Å². The van der Waals surface area contributed by atoms with Crippen molar-refractivity contribution < 1.29 is 18.1 Å². The number of rotatable bonds is 11. The maximum absolute atomic E-state index is 13.7. The molecule has 0 aliphatic heterocycles. The van der Waals surface area contributed by atoms with Crippen molar-refractivity contribution in [1.82, 2.24) is 9.29 Å². The number of anilines is 1. The minimum atomic E-state index is -3.77. The normalized spacial score (nSPS) is 12.3. The molecule has 0 atom stereocenters. The molecule has 0 unspecified atom stereocenters. The molecule has 14 heteroatoms. The van der Waals surface area contributed by atoms with Crippen LogP contribution >= 0.6 is 38.6 Å². The van der Waals surface area contributed by atoms with Crippen molar-refractivity contribution in [3.05, 3.63) is 79.6 Å². The van der Waals surface area contributed by atoms with Crippen molar-refractivity contribution in [2.75, 3.05) is 18.1 Å². The number of nitro groups is 1. The maximum Gasteiger partial charge on any atom is 0.324 e. The van der Waals surface area contributed by atoms with Crippen LogP contribution in [-0.4, -0.2) is 47.8 Å². The highest BCUT2D eigenvalue weighted by atomic mass is 79.9. The van der Waals surface area contributed by atoms with Crippen molar-refractivity contribution in [2.45, 2.75) is 32.6 Å². The van der Waals surface area contributed by atoms with Crippen LogP contribution in [-0.2, 0) is 10.0 Å². The molecular formula is C27H28BrN5O5S3. The highest BCUT2D eigenvalue weighted by Crippen LogP contribution is 2.32. The molecule has 0 saturated heterocycles. The summed E-state index contributed by atoms with van der Waals surface area (Å²) in [6, 6.07) is 14.2. The third-order valence-corrected chi connectivity index (χ3v) is 9.99. The number of nitrogens with zero attached hydrogens (tertiary/aromatic N) is 5. The average molecular weight is 679 g/mol. The van der Waals surface area contributed by atoms with Gasteiger partial charge in [0, 0.05) is 29.2 Å². The molecule has 10 nitrogen and oxygen atoms in total. The number of benzene rings is 2.